The second kappa shape index (κ2) is 9.18. The first-order valence-electron chi connectivity index (χ1n) is 11.0. The van der Waals surface area contributed by atoms with Crippen molar-refractivity contribution in [1.29, 1.82) is 5.26 Å². The van der Waals surface area contributed by atoms with E-state index in [0.29, 0.717) is 17.5 Å². The first-order chi connectivity index (χ1) is 15.7. The van der Waals surface area contributed by atoms with Crippen molar-refractivity contribution < 1.29 is 23.1 Å². The van der Waals surface area contributed by atoms with E-state index in [4.69, 9.17) is 4.74 Å². The molecule has 0 saturated heterocycles. The first-order valence-corrected chi connectivity index (χ1v) is 14.5. The molecule has 1 aliphatic rings. The Morgan fingerprint density at radius 1 is 1.15 bits per heavy atom. The smallest absolute Gasteiger partial charge is 0.411 e. The zero-order valence-electron chi connectivity index (χ0n) is 20.3. The van der Waals surface area contributed by atoms with E-state index in [-0.39, 0.29) is 17.4 Å². The molecule has 180 valence electrons. The highest BCUT2D eigenvalue weighted by atomic mass is 28.3. The van der Waals surface area contributed by atoms with Crippen molar-refractivity contribution in [1.82, 2.24) is 4.90 Å². The van der Waals surface area contributed by atoms with Crippen LogP contribution < -0.4 is 10.5 Å². The van der Waals surface area contributed by atoms with Crippen LogP contribution in [0.1, 0.15) is 43.5 Å². The molecular weight excluding hydrogens is 456 g/mol. The van der Waals surface area contributed by atoms with E-state index in [9.17, 15) is 23.6 Å². The molecule has 0 saturated carbocycles. The third-order valence-corrected chi connectivity index (χ3v) is 7.41. The Kier molecular flexibility index (Phi) is 6.85. The summed E-state index contributed by atoms with van der Waals surface area (Å²) in [6.45, 7) is 10.9. The quantitative estimate of drug-likeness (QED) is 0.630. The number of nitrogens with one attached hydrogen (secondary N) is 1. The molecule has 0 aliphatic carbocycles. The summed E-state index contributed by atoms with van der Waals surface area (Å²) in [6.07, 6.45) is -0.240. The minimum atomic E-state index is -2.28. The fourth-order valence-electron chi connectivity index (χ4n) is 4.07. The van der Waals surface area contributed by atoms with E-state index in [1.165, 1.54) is 4.90 Å². The zero-order chi connectivity index (χ0) is 25.4. The Hall–Kier alpha value is -3.25. The number of benzene rings is 2. The predicted molar refractivity (Wildman–Crippen MR) is 129 cm³/mol. The van der Waals surface area contributed by atoms with Gasteiger partial charge in [0.05, 0.1) is 19.7 Å². The van der Waals surface area contributed by atoms with E-state index in [1.54, 1.807) is 39.0 Å². The van der Waals surface area contributed by atoms with Crippen LogP contribution >= 0.6 is 0 Å². The summed E-state index contributed by atoms with van der Waals surface area (Å²) in [5.74, 6) is -2.04. The number of anilines is 1. The van der Waals surface area contributed by atoms with Crippen molar-refractivity contribution in [3.05, 3.63) is 58.7 Å². The number of rotatable bonds is 3. The lowest BCUT2D eigenvalue weighted by atomic mass is 9.90. The summed E-state index contributed by atoms with van der Waals surface area (Å²) >= 11 is 0. The average Bonchev–Trinajstić information content (AvgIpc) is 2.69. The van der Waals surface area contributed by atoms with Gasteiger partial charge in [-0.05, 0) is 62.6 Å². The molecule has 0 aromatic heterocycles. The topological polar surface area (TPSA) is 82.4 Å². The Bertz CT molecular complexity index is 1160. The normalized spacial score (nSPS) is 15.9. The number of amides is 2. The molecule has 34 heavy (non-hydrogen) atoms. The van der Waals surface area contributed by atoms with Gasteiger partial charge in [-0.2, -0.15) is 5.26 Å². The van der Waals surface area contributed by atoms with Crippen molar-refractivity contribution in [3.63, 3.8) is 0 Å². The van der Waals surface area contributed by atoms with Gasteiger partial charge in [-0.25, -0.2) is 13.6 Å². The number of carbonyl (C=O) groups is 2. The van der Waals surface area contributed by atoms with Gasteiger partial charge in [0.25, 0.3) is 5.91 Å². The van der Waals surface area contributed by atoms with Gasteiger partial charge in [0.15, 0.2) is 0 Å². The van der Waals surface area contributed by atoms with E-state index in [2.05, 4.69) is 11.4 Å². The maximum Gasteiger partial charge on any atom is 0.411 e. The molecule has 1 unspecified atom stereocenters. The number of nitrogens with zero attached hydrogens (tertiary/aromatic N) is 2. The average molecular weight is 486 g/mol. The van der Waals surface area contributed by atoms with E-state index in [0.717, 1.165) is 17.7 Å². The predicted octanol–water partition coefficient (Wildman–Crippen LogP) is 4.85. The van der Waals surface area contributed by atoms with Crippen LogP contribution in [0.5, 0.6) is 0 Å². The lowest BCUT2D eigenvalue weighted by molar-refractivity contribution is -0.121. The van der Waals surface area contributed by atoms with Crippen LogP contribution in [0.15, 0.2) is 30.3 Å². The van der Waals surface area contributed by atoms with E-state index < -0.39 is 43.4 Å². The van der Waals surface area contributed by atoms with Gasteiger partial charge in [0.1, 0.15) is 23.3 Å². The second-order valence-corrected chi connectivity index (χ2v) is 15.4. The first kappa shape index (κ1) is 25.4. The zero-order valence-corrected chi connectivity index (χ0v) is 21.3. The fourth-order valence-corrected chi connectivity index (χ4v) is 5.65. The van der Waals surface area contributed by atoms with Crippen LogP contribution in [-0.2, 0) is 16.0 Å². The molecule has 1 atom stereocenters. The van der Waals surface area contributed by atoms with Crippen LogP contribution in [0.2, 0.25) is 19.6 Å². The monoisotopic (exact) mass is 485 g/mol. The molecule has 6 nitrogen and oxygen atoms in total. The Morgan fingerprint density at radius 2 is 1.76 bits per heavy atom. The number of halogens is 2. The summed E-state index contributed by atoms with van der Waals surface area (Å²) in [5, 5.41) is 11.9. The van der Waals surface area contributed by atoms with Crippen LogP contribution in [0.25, 0.3) is 0 Å². The summed E-state index contributed by atoms with van der Waals surface area (Å²) in [4.78, 5) is 27.6. The van der Waals surface area contributed by atoms with Crippen LogP contribution in [0.3, 0.4) is 0 Å². The lowest BCUT2D eigenvalue weighted by Crippen LogP contribution is -2.47. The Labute approximate surface area is 199 Å². The molecule has 2 aromatic carbocycles. The summed E-state index contributed by atoms with van der Waals surface area (Å²) in [7, 11) is -2.28. The summed E-state index contributed by atoms with van der Waals surface area (Å²) in [6, 6.07) is 8.08. The largest absolute Gasteiger partial charge is 0.444 e. The number of hydrogen-bond acceptors (Lipinski definition) is 4. The summed E-state index contributed by atoms with van der Waals surface area (Å²) < 4.78 is 35.0. The third kappa shape index (κ3) is 5.45. The van der Waals surface area contributed by atoms with Gasteiger partial charge >= 0.3 is 6.09 Å². The Morgan fingerprint density at radius 3 is 2.29 bits per heavy atom. The fraction of sp³-hybridized carbons (Fsp3) is 0.400. The summed E-state index contributed by atoms with van der Waals surface area (Å²) in [5.41, 5.74) is 0.919. The van der Waals surface area contributed by atoms with Gasteiger partial charge in [-0.15, -0.1) is 0 Å². The van der Waals surface area contributed by atoms with Gasteiger partial charge in [-0.3, -0.25) is 9.69 Å². The second-order valence-electron chi connectivity index (χ2n) is 10.4. The molecule has 1 heterocycles. The van der Waals surface area contributed by atoms with Crippen molar-refractivity contribution in [2.45, 2.75) is 58.5 Å². The number of nitriles is 1. The van der Waals surface area contributed by atoms with Crippen LogP contribution in [-0.4, -0.2) is 37.1 Å². The molecule has 3 rings (SSSR count). The van der Waals surface area contributed by atoms with Gasteiger partial charge < -0.3 is 10.1 Å². The van der Waals surface area contributed by atoms with Gasteiger partial charge in [0.2, 0.25) is 0 Å². The number of hydrogen-bond donors (Lipinski definition) is 1. The van der Waals surface area contributed by atoms with Gasteiger partial charge in [0, 0.05) is 17.4 Å². The van der Waals surface area contributed by atoms with E-state index >= 15 is 0 Å². The Balaban J connectivity index is 2.00. The van der Waals surface area contributed by atoms with Crippen LogP contribution in [0.4, 0.5) is 19.3 Å². The van der Waals surface area contributed by atoms with E-state index in [1.807, 2.05) is 19.6 Å². The highest BCUT2D eigenvalue weighted by Crippen LogP contribution is 2.33. The highest BCUT2D eigenvalue weighted by molar-refractivity contribution is 6.88. The standard InChI is InChI=1S/C25H29F2N3O3Si/c1-25(2,3)33-24(32)30-10-9-16-11-15(14-28)7-8-18(16)21(30)23(31)29-17-12-19(26)22(20(27)13-17)34(4,5)6/h7-8,11-13,21H,9-10H2,1-6H3,(H,29,31). The molecule has 2 amide bonds. The molecule has 2 aromatic rings. The highest BCUT2D eigenvalue weighted by Gasteiger charge is 2.38. The van der Waals surface area contributed by atoms with Crippen molar-refractivity contribution in [2.24, 2.45) is 0 Å². The van der Waals surface area contributed by atoms with Crippen molar-refractivity contribution in [2.75, 3.05) is 11.9 Å². The maximum absolute atomic E-state index is 14.7. The lowest BCUT2D eigenvalue weighted by Gasteiger charge is -2.37. The molecule has 1 aliphatic heterocycles. The minimum Gasteiger partial charge on any atom is -0.444 e. The third-order valence-electron chi connectivity index (χ3n) is 5.44. The molecule has 1 N–H and O–H groups in total. The van der Waals surface area contributed by atoms with Crippen LogP contribution in [0, 0.1) is 23.0 Å². The van der Waals surface area contributed by atoms with Crippen molar-refractivity contribution in [3.8, 4) is 6.07 Å². The molecule has 9 heteroatoms. The van der Waals surface area contributed by atoms with Crippen molar-refractivity contribution >= 4 is 30.9 Å². The number of fused-ring (bicyclic) bond motifs is 1. The molecular formula is C25H29F2N3O3Si. The van der Waals surface area contributed by atoms with Gasteiger partial charge in [-0.1, -0.05) is 25.7 Å². The molecule has 0 radical (unpaired) electrons. The SMILES string of the molecule is CC(C)(C)OC(=O)N1CCc2cc(C#N)ccc2C1C(=O)Nc1cc(F)c([Si](C)(C)C)c(F)c1. The number of carbonyl (C=O) groups excluding carboxylic acids is 2. The molecule has 0 spiro atoms. The molecule has 0 fully saturated rings. The molecule has 0 bridgehead atoms. The maximum atomic E-state index is 14.7. The minimum absolute atomic E-state index is 0.0353. The number of ether oxygens (including phenoxy) is 1.